The maximum atomic E-state index is 9.49. The fourth-order valence-electron chi connectivity index (χ4n) is 1.15. The molecule has 1 nitrogen and oxygen atoms in total. The molecule has 2 heteroatoms. The number of benzene rings is 1. The van der Waals surface area contributed by atoms with Crippen LogP contribution in [-0.4, -0.2) is 5.11 Å². The Morgan fingerprint density at radius 1 is 1.42 bits per heavy atom. The van der Waals surface area contributed by atoms with E-state index in [2.05, 4.69) is 22.9 Å². The summed E-state index contributed by atoms with van der Waals surface area (Å²) in [6.07, 6.45) is 3.22. The van der Waals surface area contributed by atoms with Crippen LogP contribution in [0.25, 0.3) is 0 Å². The first kappa shape index (κ1) is 9.59. The first-order valence-electron chi connectivity index (χ1n) is 4.22. The van der Waals surface area contributed by atoms with Gasteiger partial charge in [-0.1, -0.05) is 35.3 Å². The van der Waals surface area contributed by atoms with E-state index >= 15 is 0 Å². The van der Waals surface area contributed by atoms with E-state index < -0.39 is 0 Å². The van der Waals surface area contributed by atoms with Crippen LogP contribution >= 0.6 is 15.9 Å². The maximum absolute atomic E-state index is 9.49. The van der Waals surface area contributed by atoms with Gasteiger partial charge in [-0.05, 0) is 25.0 Å². The SMILES string of the molecule is CCCCc1c(O)cccc1Br. The molecule has 0 saturated carbocycles. The van der Waals surface area contributed by atoms with Gasteiger partial charge in [0.25, 0.3) is 0 Å². The largest absolute Gasteiger partial charge is 0.508 e. The molecule has 0 aliphatic carbocycles. The minimum atomic E-state index is 0.401. The molecular weight excluding hydrogens is 216 g/mol. The summed E-state index contributed by atoms with van der Waals surface area (Å²) < 4.78 is 1.01. The lowest BCUT2D eigenvalue weighted by Crippen LogP contribution is -1.86. The number of hydrogen-bond acceptors (Lipinski definition) is 1. The molecule has 0 aromatic heterocycles. The number of phenols is 1. The van der Waals surface area contributed by atoms with Crippen LogP contribution in [0.5, 0.6) is 5.75 Å². The van der Waals surface area contributed by atoms with Crippen molar-refractivity contribution in [3.63, 3.8) is 0 Å². The van der Waals surface area contributed by atoms with Crippen molar-refractivity contribution >= 4 is 15.9 Å². The molecular formula is C10H13BrO. The van der Waals surface area contributed by atoms with E-state index in [1.54, 1.807) is 6.07 Å². The second-order valence-corrected chi connectivity index (χ2v) is 3.70. The third kappa shape index (κ3) is 2.24. The Bertz CT molecular complexity index is 238. The molecule has 0 fully saturated rings. The first-order valence-corrected chi connectivity index (χ1v) is 5.01. The predicted octanol–water partition coefficient (Wildman–Crippen LogP) is 3.50. The summed E-state index contributed by atoms with van der Waals surface area (Å²) in [6.45, 7) is 2.15. The van der Waals surface area contributed by atoms with Gasteiger partial charge in [-0.2, -0.15) is 0 Å². The molecule has 0 spiro atoms. The van der Waals surface area contributed by atoms with Crippen LogP contribution in [-0.2, 0) is 6.42 Å². The zero-order valence-electron chi connectivity index (χ0n) is 7.18. The standard InChI is InChI=1S/C10H13BrO/c1-2-3-5-8-9(11)6-4-7-10(8)12/h4,6-7,12H,2-3,5H2,1H3. The molecule has 66 valence electrons. The van der Waals surface area contributed by atoms with Crippen LogP contribution in [0.2, 0.25) is 0 Å². The summed E-state index contributed by atoms with van der Waals surface area (Å²) >= 11 is 3.42. The summed E-state index contributed by atoms with van der Waals surface area (Å²) in [4.78, 5) is 0. The predicted molar refractivity (Wildman–Crippen MR) is 54.4 cm³/mol. The van der Waals surface area contributed by atoms with Crippen molar-refractivity contribution in [3.8, 4) is 5.75 Å². The van der Waals surface area contributed by atoms with E-state index in [0.29, 0.717) is 5.75 Å². The molecule has 0 atom stereocenters. The maximum Gasteiger partial charge on any atom is 0.119 e. The minimum absolute atomic E-state index is 0.401. The van der Waals surface area contributed by atoms with Crippen LogP contribution in [0, 0.1) is 0 Å². The third-order valence-electron chi connectivity index (χ3n) is 1.87. The van der Waals surface area contributed by atoms with Crippen LogP contribution in [0.3, 0.4) is 0 Å². The highest BCUT2D eigenvalue weighted by atomic mass is 79.9. The van der Waals surface area contributed by atoms with E-state index in [1.165, 1.54) is 0 Å². The second-order valence-electron chi connectivity index (χ2n) is 2.84. The zero-order chi connectivity index (χ0) is 8.97. The highest BCUT2D eigenvalue weighted by Gasteiger charge is 2.03. The normalized spacial score (nSPS) is 10.2. The average Bonchev–Trinajstić information content (AvgIpc) is 2.04. The Morgan fingerprint density at radius 3 is 2.75 bits per heavy atom. The second kappa shape index (κ2) is 4.51. The third-order valence-corrected chi connectivity index (χ3v) is 2.62. The van der Waals surface area contributed by atoms with Crippen molar-refractivity contribution in [2.24, 2.45) is 0 Å². The van der Waals surface area contributed by atoms with Gasteiger partial charge in [0, 0.05) is 10.0 Å². The Morgan fingerprint density at radius 2 is 2.17 bits per heavy atom. The smallest absolute Gasteiger partial charge is 0.119 e. The fraction of sp³-hybridized carbons (Fsp3) is 0.400. The quantitative estimate of drug-likeness (QED) is 0.840. The Labute approximate surface area is 81.6 Å². The molecule has 1 aromatic rings. The summed E-state index contributed by atoms with van der Waals surface area (Å²) in [7, 11) is 0. The Balaban J connectivity index is 2.81. The molecule has 0 aliphatic heterocycles. The van der Waals surface area contributed by atoms with Crippen molar-refractivity contribution in [3.05, 3.63) is 28.2 Å². The highest BCUT2D eigenvalue weighted by molar-refractivity contribution is 9.10. The van der Waals surface area contributed by atoms with Crippen LogP contribution < -0.4 is 0 Å². The van der Waals surface area contributed by atoms with Crippen molar-refractivity contribution in [2.75, 3.05) is 0 Å². The number of phenolic OH excluding ortho intramolecular Hbond substituents is 1. The summed E-state index contributed by atoms with van der Waals surface area (Å²) in [5.74, 6) is 0.401. The number of rotatable bonds is 3. The first-order chi connectivity index (χ1) is 5.75. The topological polar surface area (TPSA) is 20.2 Å². The lowest BCUT2D eigenvalue weighted by Gasteiger charge is -2.05. The molecule has 12 heavy (non-hydrogen) atoms. The van der Waals surface area contributed by atoms with Crippen LogP contribution in [0.15, 0.2) is 22.7 Å². The summed E-state index contributed by atoms with van der Waals surface area (Å²) in [6, 6.07) is 5.54. The van der Waals surface area contributed by atoms with Crippen LogP contribution in [0.4, 0.5) is 0 Å². The monoisotopic (exact) mass is 228 g/mol. The van der Waals surface area contributed by atoms with E-state index in [4.69, 9.17) is 0 Å². The molecule has 1 rings (SSSR count). The van der Waals surface area contributed by atoms with Gasteiger partial charge < -0.3 is 5.11 Å². The number of unbranched alkanes of at least 4 members (excludes halogenated alkanes) is 1. The molecule has 0 saturated heterocycles. The number of halogens is 1. The van der Waals surface area contributed by atoms with E-state index in [0.717, 1.165) is 29.3 Å². The molecule has 0 aliphatic rings. The van der Waals surface area contributed by atoms with Gasteiger partial charge in [-0.15, -0.1) is 0 Å². The molecule has 1 aromatic carbocycles. The van der Waals surface area contributed by atoms with E-state index in [9.17, 15) is 5.11 Å². The molecule has 0 amide bonds. The van der Waals surface area contributed by atoms with Crippen molar-refractivity contribution in [1.29, 1.82) is 0 Å². The zero-order valence-corrected chi connectivity index (χ0v) is 8.76. The van der Waals surface area contributed by atoms with Gasteiger partial charge >= 0.3 is 0 Å². The summed E-state index contributed by atoms with van der Waals surface area (Å²) in [5, 5.41) is 9.49. The lowest BCUT2D eigenvalue weighted by atomic mass is 10.1. The van der Waals surface area contributed by atoms with Gasteiger partial charge in [-0.25, -0.2) is 0 Å². The Kier molecular flexibility index (Phi) is 3.60. The van der Waals surface area contributed by atoms with E-state index in [-0.39, 0.29) is 0 Å². The molecule has 1 N–H and O–H groups in total. The van der Waals surface area contributed by atoms with Gasteiger partial charge in [0.15, 0.2) is 0 Å². The fourth-order valence-corrected chi connectivity index (χ4v) is 1.70. The van der Waals surface area contributed by atoms with Gasteiger partial charge in [0.1, 0.15) is 5.75 Å². The highest BCUT2D eigenvalue weighted by Crippen LogP contribution is 2.26. The van der Waals surface area contributed by atoms with Gasteiger partial charge in [-0.3, -0.25) is 0 Å². The van der Waals surface area contributed by atoms with Gasteiger partial charge in [0.05, 0.1) is 0 Å². The Hall–Kier alpha value is -0.500. The summed E-state index contributed by atoms with van der Waals surface area (Å²) in [5.41, 5.74) is 1.03. The van der Waals surface area contributed by atoms with Crippen LogP contribution in [0.1, 0.15) is 25.3 Å². The van der Waals surface area contributed by atoms with Crippen molar-refractivity contribution in [1.82, 2.24) is 0 Å². The average molecular weight is 229 g/mol. The number of aromatic hydroxyl groups is 1. The minimum Gasteiger partial charge on any atom is -0.508 e. The lowest BCUT2D eigenvalue weighted by molar-refractivity contribution is 0.466. The van der Waals surface area contributed by atoms with Crippen molar-refractivity contribution < 1.29 is 5.11 Å². The van der Waals surface area contributed by atoms with E-state index in [1.807, 2.05) is 12.1 Å². The molecule has 0 radical (unpaired) electrons. The van der Waals surface area contributed by atoms with Crippen molar-refractivity contribution in [2.45, 2.75) is 26.2 Å². The molecule has 0 bridgehead atoms. The number of hydrogen-bond donors (Lipinski definition) is 1. The molecule has 0 unspecified atom stereocenters. The van der Waals surface area contributed by atoms with Gasteiger partial charge in [0.2, 0.25) is 0 Å². The molecule has 0 heterocycles.